The largest absolute Gasteiger partial charge is 0.316 e. The lowest BCUT2D eigenvalue weighted by Gasteiger charge is -2.44. The van der Waals surface area contributed by atoms with E-state index in [1.54, 1.807) is 10.4 Å². The van der Waals surface area contributed by atoms with Gasteiger partial charge in [0.1, 0.15) is 0 Å². The van der Waals surface area contributed by atoms with E-state index >= 15 is 0 Å². The molecule has 3 heteroatoms. The topological polar surface area (TPSA) is 15.3 Å². The fraction of sp³-hybridized carbons (Fsp3) is 0.750. The molecule has 3 heterocycles. The smallest absolute Gasteiger partial charge is 0.0331 e. The maximum absolute atomic E-state index is 3.62. The predicted molar refractivity (Wildman–Crippen MR) is 82.8 cm³/mol. The zero-order valence-electron chi connectivity index (χ0n) is 12.2. The van der Waals surface area contributed by atoms with Crippen molar-refractivity contribution in [2.24, 2.45) is 5.41 Å². The lowest BCUT2D eigenvalue weighted by molar-refractivity contribution is 0.0819. The SMILES string of the molecule is CCC1(CN2CCc3sccc3C2C)CCCNC1. The van der Waals surface area contributed by atoms with E-state index < -0.39 is 0 Å². The number of fused-ring (bicyclic) bond motifs is 1. The Kier molecular flexibility index (Phi) is 3.97. The Balaban J connectivity index is 1.73. The Morgan fingerprint density at radius 2 is 2.42 bits per heavy atom. The first-order valence-corrected chi connectivity index (χ1v) is 8.63. The molecule has 1 fully saturated rings. The highest BCUT2D eigenvalue weighted by Crippen LogP contribution is 2.38. The molecule has 2 aliphatic rings. The van der Waals surface area contributed by atoms with Crippen LogP contribution in [0.5, 0.6) is 0 Å². The average molecular weight is 278 g/mol. The molecule has 2 atom stereocenters. The van der Waals surface area contributed by atoms with Crippen molar-refractivity contribution >= 4 is 11.3 Å². The summed E-state index contributed by atoms with van der Waals surface area (Å²) in [6.45, 7) is 9.71. The van der Waals surface area contributed by atoms with Crippen molar-refractivity contribution in [3.05, 3.63) is 21.9 Å². The molecule has 1 saturated heterocycles. The maximum atomic E-state index is 3.62. The summed E-state index contributed by atoms with van der Waals surface area (Å²) in [5.74, 6) is 0. The summed E-state index contributed by atoms with van der Waals surface area (Å²) in [6.07, 6.45) is 5.31. The van der Waals surface area contributed by atoms with Gasteiger partial charge in [-0.2, -0.15) is 0 Å². The summed E-state index contributed by atoms with van der Waals surface area (Å²) < 4.78 is 0. The molecular weight excluding hydrogens is 252 g/mol. The summed E-state index contributed by atoms with van der Waals surface area (Å²) in [4.78, 5) is 4.35. The molecule has 1 aromatic rings. The van der Waals surface area contributed by atoms with Gasteiger partial charge in [-0.05, 0) is 61.6 Å². The highest BCUT2D eigenvalue weighted by Gasteiger charge is 2.35. The van der Waals surface area contributed by atoms with E-state index in [0.717, 1.165) is 0 Å². The molecule has 1 N–H and O–H groups in total. The zero-order chi connectivity index (χ0) is 13.3. The fourth-order valence-corrected chi connectivity index (χ4v) is 4.75. The van der Waals surface area contributed by atoms with Crippen LogP contribution in [0, 0.1) is 5.41 Å². The number of hydrogen-bond donors (Lipinski definition) is 1. The van der Waals surface area contributed by atoms with Crippen molar-refractivity contribution < 1.29 is 0 Å². The highest BCUT2D eigenvalue weighted by atomic mass is 32.1. The minimum Gasteiger partial charge on any atom is -0.316 e. The number of nitrogens with zero attached hydrogens (tertiary/aromatic N) is 1. The Morgan fingerprint density at radius 1 is 1.53 bits per heavy atom. The van der Waals surface area contributed by atoms with Crippen LogP contribution < -0.4 is 5.32 Å². The van der Waals surface area contributed by atoms with Crippen LogP contribution in [0.4, 0.5) is 0 Å². The minimum absolute atomic E-state index is 0.514. The van der Waals surface area contributed by atoms with E-state index in [9.17, 15) is 0 Å². The standard InChI is InChI=1S/C16H26N2S/c1-3-16(7-4-8-17-11-16)12-18-9-5-15-14(13(18)2)6-10-19-15/h6,10,13,17H,3-5,7-9,11-12H2,1-2H3. The quantitative estimate of drug-likeness (QED) is 0.911. The van der Waals surface area contributed by atoms with Gasteiger partial charge in [0.15, 0.2) is 0 Å². The van der Waals surface area contributed by atoms with Crippen LogP contribution >= 0.6 is 11.3 Å². The van der Waals surface area contributed by atoms with Gasteiger partial charge in [-0.15, -0.1) is 11.3 Å². The van der Waals surface area contributed by atoms with Gasteiger partial charge in [0, 0.05) is 30.6 Å². The summed E-state index contributed by atoms with van der Waals surface area (Å²) in [5.41, 5.74) is 2.10. The molecule has 106 valence electrons. The van der Waals surface area contributed by atoms with Crippen LogP contribution in [-0.4, -0.2) is 31.1 Å². The molecule has 0 bridgehead atoms. The zero-order valence-corrected chi connectivity index (χ0v) is 13.1. The van der Waals surface area contributed by atoms with Crippen LogP contribution in [0.1, 0.15) is 49.6 Å². The number of rotatable bonds is 3. The van der Waals surface area contributed by atoms with Gasteiger partial charge in [0.2, 0.25) is 0 Å². The van der Waals surface area contributed by atoms with Gasteiger partial charge < -0.3 is 5.32 Å². The van der Waals surface area contributed by atoms with Crippen LogP contribution in [0.15, 0.2) is 11.4 Å². The predicted octanol–water partition coefficient (Wildman–Crippen LogP) is 3.45. The number of thiophene rings is 1. The average Bonchev–Trinajstić information content (AvgIpc) is 2.92. The molecule has 19 heavy (non-hydrogen) atoms. The summed E-state index contributed by atoms with van der Waals surface area (Å²) in [6, 6.07) is 2.95. The van der Waals surface area contributed by atoms with E-state index in [0.29, 0.717) is 11.5 Å². The Morgan fingerprint density at radius 3 is 3.16 bits per heavy atom. The monoisotopic (exact) mass is 278 g/mol. The van der Waals surface area contributed by atoms with Gasteiger partial charge in [-0.1, -0.05) is 6.92 Å². The lowest BCUT2D eigenvalue weighted by Crippen LogP contribution is -2.49. The molecular formula is C16H26N2S. The van der Waals surface area contributed by atoms with Crippen molar-refractivity contribution in [3.8, 4) is 0 Å². The van der Waals surface area contributed by atoms with Crippen LogP contribution in [0.2, 0.25) is 0 Å². The molecule has 0 saturated carbocycles. The molecule has 0 aromatic carbocycles. The van der Waals surface area contributed by atoms with Crippen molar-refractivity contribution in [3.63, 3.8) is 0 Å². The van der Waals surface area contributed by atoms with Crippen LogP contribution in [0.25, 0.3) is 0 Å². The van der Waals surface area contributed by atoms with Gasteiger partial charge >= 0.3 is 0 Å². The van der Waals surface area contributed by atoms with E-state index in [1.807, 2.05) is 11.3 Å². The van der Waals surface area contributed by atoms with Gasteiger partial charge in [0.05, 0.1) is 0 Å². The molecule has 0 amide bonds. The van der Waals surface area contributed by atoms with E-state index in [1.165, 1.54) is 51.9 Å². The Labute approximate surface area is 121 Å². The van der Waals surface area contributed by atoms with E-state index in [2.05, 4.69) is 35.5 Å². The molecule has 3 rings (SSSR count). The normalized spacial score (nSPS) is 32.2. The summed E-state index contributed by atoms with van der Waals surface area (Å²) in [7, 11) is 0. The third-order valence-electron chi connectivity index (χ3n) is 5.25. The third-order valence-corrected chi connectivity index (χ3v) is 6.25. The van der Waals surface area contributed by atoms with Crippen molar-refractivity contribution in [1.82, 2.24) is 10.2 Å². The second kappa shape index (κ2) is 5.55. The number of piperidine rings is 1. The highest BCUT2D eigenvalue weighted by molar-refractivity contribution is 7.10. The Bertz CT molecular complexity index is 420. The van der Waals surface area contributed by atoms with Crippen LogP contribution in [0.3, 0.4) is 0 Å². The van der Waals surface area contributed by atoms with Crippen LogP contribution in [-0.2, 0) is 6.42 Å². The Hall–Kier alpha value is -0.380. The molecule has 2 nitrogen and oxygen atoms in total. The minimum atomic E-state index is 0.514. The molecule has 2 unspecified atom stereocenters. The van der Waals surface area contributed by atoms with Crippen molar-refractivity contribution in [1.29, 1.82) is 0 Å². The van der Waals surface area contributed by atoms with Crippen molar-refractivity contribution in [2.75, 3.05) is 26.2 Å². The first kappa shape index (κ1) is 13.6. The lowest BCUT2D eigenvalue weighted by atomic mass is 9.77. The first-order valence-electron chi connectivity index (χ1n) is 7.75. The number of nitrogens with one attached hydrogen (secondary N) is 1. The molecule has 0 aliphatic carbocycles. The first-order chi connectivity index (χ1) is 9.24. The summed E-state index contributed by atoms with van der Waals surface area (Å²) >= 11 is 1.94. The maximum Gasteiger partial charge on any atom is 0.0331 e. The van der Waals surface area contributed by atoms with E-state index in [4.69, 9.17) is 0 Å². The second-order valence-electron chi connectivity index (χ2n) is 6.33. The van der Waals surface area contributed by atoms with Gasteiger partial charge in [-0.25, -0.2) is 0 Å². The molecule has 0 radical (unpaired) electrons. The van der Waals surface area contributed by atoms with Crippen molar-refractivity contribution in [2.45, 2.75) is 45.6 Å². The third kappa shape index (κ3) is 2.61. The molecule has 2 aliphatic heterocycles. The molecule has 1 aromatic heterocycles. The van der Waals surface area contributed by atoms with Gasteiger partial charge in [0.25, 0.3) is 0 Å². The fourth-order valence-electron chi connectivity index (χ4n) is 3.79. The summed E-state index contributed by atoms with van der Waals surface area (Å²) in [5, 5.41) is 5.89. The molecule has 0 spiro atoms. The van der Waals surface area contributed by atoms with E-state index in [-0.39, 0.29) is 0 Å². The van der Waals surface area contributed by atoms with Gasteiger partial charge in [-0.3, -0.25) is 4.90 Å². The second-order valence-corrected chi connectivity index (χ2v) is 7.33. The number of hydrogen-bond acceptors (Lipinski definition) is 3.